The summed E-state index contributed by atoms with van der Waals surface area (Å²) >= 11 is 0. The van der Waals surface area contributed by atoms with Crippen LogP contribution in [-0.4, -0.2) is 10.9 Å². The highest BCUT2D eigenvalue weighted by molar-refractivity contribution is 5.92. The molecule has 0 aliphatic heterocycles. The molecule has 3 atom stereocenters. The minimum atomic E-state index is 0.180. The molecular weight excluding hydrogens is 224 g/mol. The summed E-state index contributed by atoms with van der Waals surface area (Å²) in [6.07, 6.45) is 4.92. The van der Waals surface area contributed by atoms with E-state index in [9.17, 15) is 4.79 Å². The first-order valence-corrected chi connectivity index (χ1v) is 6.88. The van der Waals surface area contributed by atoms with Gasteiger partial charge in [0.1, 0.15) is 5.82 Å². The van der Waals surface area contributed by atoms with Gasteiger partial charge in [-0.25, -0.2) is 4.98 Å². The van der Waals surface area contributed by atoms with Gasteiger partial charge in [0.2, 0.25) is 5.91 Å². The molecule has 0 spiro atoms. The number of hydrogen-bond donors (Lipinski definition) is 1. The summed E-state index contributed by atoms with van der Waals surface area (Å²) in [6, 6.07) is 3.96. The molecule has 2 aliphatic rings. The average Bonchev–Trinajstić information content (AvgIpc) is 2.88. The smallest absolute Gasteiger partial charge is 0.228 e. The zero-order valence-corrected chi connectivity index (χ0v) is 11.1. The van der Waals surface area contributed by atoms with Crippen LogP contribution in [0.25, 0.3) is 0 Å². The zero-order chi connectivity index (χ0) is 12.7. The van der Waals surface area contributed by atoms with Crippen LogP contribution in [0.2, 0.25) is 0 Å². The van der Waals surface area contributed by atoms with Crippen molar-refractivity contribution < 1.29 is 4.79 Å². The van der Waals surface area contributed by atoms with E-state index in [4.69, 9.17) is 0 Å². The Morgan fingerprint density at radius 2 is 2.11 bits per heavy atom. The summed E-state index contributed by atoms with van der Waals surface area (Å²) < 4.78 is 0. The van der Waals surface area contributed by atoms with E-state index in [1.54, 1.807) is 0 Å². The number of pyridine rings is 1. The highest BCUT2D eigenvalue weighted by Crippen LogP contribution is 2.48. The fraction of sp³-hybridized carbons (Fsp3) is 0.600. The molecular formula is C15H20N2O. The fourth-order valence-corrected chi connectivity index (χ4v) is 3.69. The second-order valence-electron chi connectivity index (χ2n) is 5.94. The normalized spacial score (nSPS) is 29.6. The Bertz CT molecular complexity index is 463. The molecule has 1 amide bonds. The number of nitrogens with zero attached hydrogens (tertiary/aromatic N) is 1. The topological polar surface area (TPSA) is 42.0 Å². The minimum absolute atomic E-state index is 0.180. The molecule has 1 heterocycles. The van der Waals surface area contributed by atoms with Crippen LogP contribution in [0.1, 0.15) is 36.9 Å². The molecule has 2 saturated carbocycles. The molecule has 2 bridgehead atoms. The molecule has 3 heteroatoms. The minimum Gasteiger partial charge on any atom is -0.310 e. The molecule has 96 valence electrons. The average molecular weight is 244 g/mol. The number of aromatic nitrogens is 1. The first-order chi connectivity index (χ1) is 8.61. The quantitative estimate of drug-likeness (QED) is 0.868. The molecule has 1 aromatic rings. The van der Waals surface area contributed by atoms with Gasteiger partial charge in [0.25, 0.3) is 0 Å². The van der Waals surface area contributed by atoms with Crippen LogP contribution in [0, 0.1) is 31.6 Å². The lowest BCUT2D eigenvalue weighted by Gasteiger charge is -2.20. The van der Waals surface area contributed by atoms with Crippen molar-refractivity contribution >= 4 is 11.7 Å². The van der Waals surface area contributed by atoms with Gasteiger partial charge in [-0.1, -0.05) is 6.42 Å². The molecule has 0 radical (unpaired) electrons. The number of aryl methyl sites for hydroxylation is 2. The van der Waals surface area contributed by atoms with Gasteiger partial charge < -0.3 is 5.32 Å². The number of carbonyl (C=O) groups excluding carboxylic acids is 1. The van der Waals surface area contributed by atoms with E-state index < -0.39 is 0 Å². The SMILES string of the molecule is Cc1cc(C)nc(NC(=O)[C@@H]2C[C@H]3CC[C@@H]2C3)c1. The maximum absolute atomic E-state index is 12.3. The number of fused-ring (bicyclic) bond motifs is 2. The van der Waals surface area contributed by atoms with Crippen LogP contribution in [0.15, 0.2) is 12.1 Å². The van der Waals surface area contributed by atoms with Gasteiger partial charge in [-0.05, 0) is 62.6 Å². The molecule has 0 aromatic carbocycles. The van der Waals surface area contributed by atoms with Crippen LogP contribution in [0.5, 0.6) is 0 Å². The highest BCUT2D eigenvalue weighted by Gasteiger charge is 2.43. The molecule has 2 aliphatic carbocycles. The van der Waals surface area contributed by atoms with Crippen molar-refractivity contribution in [3.8, 4) is 0 Å². The molecule has 18 heavy (non-hydrogen) atoms. The van der Waals surface area contributed by atoms with E-state index in [1.807, 2.05) is 26.0 Å². The Balaban J connectivity index is 1.70. The van der Waals surface area contributed by atoms with Crippen molar-refractivity contribution in [2.24, 2.45) is 17.8 Å². The van der Waals surface area contributed by atoms with E-state index in [2.05, 4.69) is 10.3 Å². The predicted octanol–water partition coefficient (Wildman–Crippen LogP) is 3.07. The van der Waals surface area contributed by atoms with Crippen molar-refractivity contribution in [2.45, 2.75) is 39.5 Å². The van der Waals surface area contributed by atoms with Crippen LogP contribution in [0.3, 0.4) is 0 Å². The summed E-state index contributed by atoms with van der Waals surface area (Å²) in [4.78, 5) is 16.7. The zero-order valence-electron chi connectivity index (χ0n) is 11.1. The molecule has 3 nitrogen and oxygen atoms in total. The molecule has 3 rings (SSSR count). The summed E-state index contributed by atoms with van der Waals surface area (Å²) in [5.74, 6) is 2.55. The summed E-state index contributed by atoms with van der Waals surface area (Å²) in [5, 5.41) is 3.00. The van der Waals surface area contributed by atoms with Crippen LogP contribution < -0.4 is 5.32 Å². The summed E-state index contributed by atoms with van der Waals surface area (Å²) in [6.45, 7) is 3.99. The molecule has 2 fully saturated rings. The lowest BCUT2D eigenvalue weighted by molar-refractivity contribution is -0.121. The fourth-order valence-electron chi connectivity index (χ4n) is 3.69. The third-order valence-electron chi connectivity index (χ3n) is 4.42. The third kappa shape index (κ3) is 2.14. The van der Waals surface area contributed by atoms with E-state index in [1.165, 1.54) is 19.3 Å². The van der Waals surface area contributed by atoms with Gasteiger partial charge in [0.05, 0.1) is 0 Å². The summed E-state index contributed by atoms with van der Waals surface area (Å²) in [5.41, 5.74) is 2.10. The van der Waals surface area contributed by atoms with Crippen molar-refractivity contribution in [3.63, 3.8) is 0 Å². The number of nitrogens with one attached hydrogen (secondary N) is 1. The van der Waals surface area contributed by atoms with E-state index in [0.717, 1.165) is 23.6 Å². The number of hydrogen-bond acceptors (Lipinski definition) is 2. The monoisotopic (exact) mass is 244 g/mol. The van der Waals surface area contributed by atoms with Gasteiger partial charge in [-0.3, -0.25) is 4.79 Å². The number of anilines is 1. The van der Waals surface area contributed by atoms with E-state index in [0.29, 0.717) is 11.7 Å². The lowest BCUT2D eigenvalue weighted by Crippen LogP contribution is -2.27. The van der Waals surface area contributed by atoms with Crippen molar-refractivity contribution in [3.05, 3.63) is 23.4 Å². The Hall–Kier alpha value is -1.38. The second kappa shape index (κ2) is 4.38. The Kier molecular flexibility index (Phi) is 2.84. The molecule has 0 saturated heterocycles. The largest absolute Gasteiger partial charge is 0.310 e. The number of rotatable bonds is 2. The maximum atomic E-state index is 12.3. The summed E-state index contributed by atoms with van der Waals surface area (Å²) in [7, 11) is 0. The molecule has 0 unspecified atom stereocenters. The van der Waals surface area contributed by atoms with Gasteiger partial charge in [-0.2, -0.15) is 0 Å². The van der Waals surface area contributed by atoms with Crippen LogP contribution >= 0.6 is 0 Å². The first-order valence-electron chi connectivity index (χ1n) is 6.88. The van der Waals surface area contributed by atoms with Gasteiger partial charge in [0.15, 0.2) is 0 Å². The molecule has 1 aromatic heterocycles. The first kappa shape index (κ1) is 11.7. The van der Waals surface area contributed by atoms with Gasteiger partial charge in [0, 0.05) is 11.6 Å². The van der Waals surface area contributed by atoms with E-state index >= 15 is 0 Å². The Morgan fingerprint density at radius 3 is 2.72 bits per heavy atom. The highest BCUT2D eigenvalue weighted by atomic mass is 16.2. The van der Waals surface area contributed by atoms with Gasteiger partial charge >= 0.3 is 0 Å². The van der Waals surface area contributed by atoms with E-state index in [-0.39, 0.29) is 11.8 Å². The Labute approximate surface area is 108 Å². The van der Waals surface area contributed by atoms with Crippen molar-refractivity contribution in [1.82, 2.24) is 4.98 Å². The second-order valence-corrected chi connectivity index (χ2v) is 5.94. The van der Waals surface area contributed by atoms with Crippen molar-refractivity contribution in [1.29, 1.82) is 0 Å². The number of amides is 1. The standard InChI is InChI=1S/C15H20N2O/c1-9-5-10(2)16-14(6-9)17-15(18)13-8-11-3-4-12(13)7-11/h5-6,11-13H,3-4,7-8H2,1-2H3,(H,16,17,18)/t11-,12+,13+/m0/s1. The van der Waals surface area contributed by atoms with Crippen LogP contribution in [0.4, 0.5) is 5.82 Å². The maximum Gasteiger partial charge on any atom is 0.228 e. The molecule has 1 N–H and O–H groups in total. The van der Waals surface area contributed by atoms with Gasteiger partial charge in [-0.15, -0.1) is 0 Å². The third-order valence-corrected chi connectivity index (χ3v) is 4.42. The number of carbonyl (C=O) groups is 1. The Morgan fingerprint density at radius 1 is 1.28 bits per heavy atom. The lowest BCUT2D eigenvalue weighted by atomic mass is 9.88. The predicted molar refractivity (Wildman–Crippen MR) is 71.3 cm³/mol. The van der Waals surface area contributed by atoms with Crippen LogP contribution in [-0.2, 0) is 4.79 Å². The van der Waals surface area contributed by atoms with Crippen molar-refractivity contribution in [2.75, 3.05) is 5.32 Å².